The number of aryl methyl sites for hydroxylation is 2. The number of hydrogen-bond donors (Lipinski definition) is 2. The summed E-state index contributed by atoms with van der Waals surface area (Å²) >= 11 is 0. The maximum atomic E-state index is 13.9. The SMILES string of the molecule is Cc1cccc(OCC(=O)Nc2ccc(C3(c4ccc(NC(=O)COc5cccc(C)c5)cc4)c4ccccc4C(=O)c4ccccc43)cc2)c1. The molecule has 7 nitrogen and oxygen atoms in total. The highest BCUT2D eigenvalue weighted by Gasteiger charge is 2.46. The molecule has 0 fully saturated rings. The van der Waals surface area contributed by atoms with Gasteiger partial charge in [0.25, 0.3) is 11.8 Å². The highest BCUT2D eigenvalue weighted by molar-refractivity contribution is 6.14. The van der Waals surface area contributed by atoms with Gasteiger partial charge in [-0.3, -0.25) is 14.4 Å². The summed E-state index contributed by atoms with van der Waals surface area (Å²) in [7, 11) is 0. The van der Waals surface area contributed by atoms with E-state index in [1.165, 1.54) is 0 Å². The van der Waals surface area contributed by atoms with Crippen molar-refractivity contribution in [1.29, 1.82) is 0 Å². The minimum absolute atomic E-state index is 0.0354. The molecule has 0 unspecified atom stereocenters. The van der Waals surface area contributed by atoms with Crippen molar-refractivity contribution in [2.75, 3.05) is 23.8 Å². The molecule has 51 heavy (non-hydrogen) atoms. The van der Waals surface area contributed by atoms with Crippen LogP contribution in [-0.2, 0) is 15.0 Å². The van der Waals surface area contributed by atoms with E-state index in [-0.39, 0.29) is 30.8 Å². The van der Waals surface area contributed by atoms with Crippen LogP contribution in [0.1, 0.15) is 49.3 Å². The van der Waals surface area contributed by atoms with Crippen LogP contribution in [0.4, 0.5) is 11.4 Å². The van der Waals surface area contributed by atoms with Crippen LogP contribution >= 0.6 is 0 Å². The van der Waals surface area contributed by atoms with Gasteiger partial charge >= 0.3 is 0 Å². The Bertz CT molecular complexity index is 2080. The normalized spacial score (nSPS) is 12.6. The van der Waals surface area contributed by atoms with Gasteiger partial charge in [-0.05, 0) is 95.8 Å². The molecular formula is C44H36N2O5. The van der Waals surface area contributed by atoms with Crippen molar-refractivity contribution in [3.05, 3.63) is 190 Å². The van der Waals surface area contributed by atoms with Crippen molar-refractivity contribution < 1.29 is 23.9 Å². The first-order valence-electron chi connectivity index (χ1n) is 16.7. The highest BCUT2D eigenvalue weighted by atomic mass is 16.5. The summed E-state index contributed by atoms with van der Waals surface area (Å²) in [5.41, 5.74) is 7.20. The minimum atomic E-state index is -0.880. The zero-order valence-corrected chi connectivity index (χ0v) is 28.3. The van der Waals surface area contributed by atoms with Crippen molar-refractivity contribution in [2.24, 2.45) is 0 Å². The fourth-order valence-corrected chi connectivity index (χ4v) is 6.80. The van der Waals surface area contributed by atoms with Gasteiger partial charge in [-0.25, -0.2) is 0 Å². The molecule has 6 aromatic rings. The second-order valence-electron chi connectivity index (χ2n) is 12.6. The predicted octanol–water partition coefficient (Wildman–Crippen LogP) is 8.27. The molecule has 0 saturated heterocycles. The summed E-state index contributed by atoms with van der Waals surface area (Å²) in [6.07, 6.45) is 0. The maximum Gasteiger partial charge on any atom is 0.262 e. The summed E-state index contributed by atoms with van der Waals surface area (Å²) in [5.74, 6) is 0.673. The van der Waals surface area contributed by atoms with Gasteiger partial charge in [0, 0.05) is 22.5 Å². The van der Waals surface area contributed by atoms with Gasteiger partial charge in [0.15, 0.2) is 19.0 Å². The lowest BCUT2D eigenvalue weighted by Gasteiger charge is -2.41. The first kappa shape index (κ1) is 33.0. The van der Waals surface area contributed by atoms with Gasteiger partial charge < -0.3 is 20.1 Å². The van der Waals surface area contributed by atoms with E-state index in [2.05, 4.69) is 10.6 Å². The van der Waals surface area contributed by atoms with Crippen LogP contribution < -0.4 is 20.1 Å². The molecule has 0 atom stereocenters. The van der Waals surface area contributed by atoms with Crippen molar-refractivity contribution in [3.8, 4) is 11.5 Å². The molecule has 0 radical (unpaired) electrons. The molecule has 1 aliphatic rings. The molecule has 6 aromatic carbocycles. The molecular weight excluding hydrogens is 636 g/mol. The van der Waals surface area contributed by atoms with Crippen LogP contribution in [0.3, 0.4) is 0 Å². The number of ether oxygens (including phenoxy) is 2. The van der Waals surface area contributed by atoms with Crippen LogP contribution in [0, 0.1) is 13.8 Å². The molecule has 252 valence electrons. The Kier molecular flexibility index (Phi) is 9.18. The average molecular weight is 673 g/mol. The highest BCUT2D eigenvalue weighted by Crippen LogP contribution is 2.51. The number of ketones is 1. The molecule has 0 aliphatic heterocycles. The van der Waals surface area contributed by atoms with Crippen LogP contribution in [0.15, 0.2) is 146 Å². The molecule has 0 spiro atoms. The zero-order valence-electron chi connectivity index (χ0n) is 28.3. The Morgan fingerprint density at radius 3 is 1.35 bits per heavy atom. The van der Waals surface area contributed by atoms with Crippen LogP contribution in [-0.4, -0.2) is 30.8 Å². The molecule has 0 heterocycles. The summed E-state index contributed by atoms with van der Waals surface area (Å²) in [6.45, 7) is 3.69. The Hall–Kier alpha value is -6.47. The fraction of sp³-hybridized carbons (Fsp3) is 0.114. The lowest BCUT2D eigenvalue weighted by Crippen LogP contribution is -2.38. The topological polar surface area (TPSA) is 93.7 Å². The van der Waals surface area contributed by atoms with Gasteiger partial charge in [-0.2, -0.15) is 0 Å². The number of fused-ring (bicyclic) bond motifs is 2. The zero-order chi connectivity index (χ0) is 35.4. The average Bonchev–Trinajstić information content (AvgIpc) is 3.15. The molecule has 1 aliphatic carbocycles. The van der Waals surface area contributed by atoms with E-state index in [4.69, 9.17) is 9.47 Å². The number of benzene rings is 6. The molecule has 0 aromatic heterocycles. The van der Waals surface area contributed by atoms with Crippen molar-refractivity contribution >= 4 is 29.0 Å². The lowest BCUT2D eigenvalue weighted by atomic mass is 9.59. The third-order valence-electron chi connectivity index (χ3n) is 9.07. The lowest BCUT2D eigenvalue weighted by molar-refractivity contribution is -0.118. The Morgan fingerprint density at radius 2 is 0.941 bits per heavy atom. The Morgan fingerprint density at radius 1 is 0.529 bits per heavy atom. The Labute approximate surface area is 296 Å². The van der Waals surface area contributed by atoms with Crippen molar-refractivity contribution in [1.82, 2.24) is 0 Å². The molecule has 0 bridgehead atoms. The van der Waals surface area contributed by atoms with Gasteiger partial charge in [-0.1, -0.05) is 97.1 Å². The van der Waals surface area contributed by atoms with E-state index in [0.717, 1.165) is 33.4 Å². The third-order valence-corrected chi connectivity index (χ3v) is 9.07. The Balaban J connectivity index is 1.20. The molecule has 2 amide bonds. The van der Waals surface area contributed by atoms with E-state index in [9.17, 15) is 14.4 Å². The van der Waals surface area contributed by atoms with E-state index in [0.29, 0.717) is 34.0 Å². The number of carbonyl (C=O) groups excluding carboxylic acids is 3. The van der Waals surface area contributed by atoms with E-state index in [1.807, 2.05) is 159 Å². The van der Waals surface area contributed by atoms with Crippen LogP contribution in [0.25, 0.3) is 0 Å². The second-order valence-corrected chi connectivity index (χ2v) is 12.6. The van der Waals surface area contributed by atoms with E-state index < -0.39 is 5.41 Å². The summed E-state index contributed by atoms with van der Waals surface area (Å²) < 4.78 is 11.4. The number of anilines is 2. The summed E-state index contributed by atoms with van der Waals surface area (Å²) in [5, 5.41) is 5.87. The standard InChI is InChI=1S/C44H36N2O5/c1-29-9-7-11-35(25-29)50-27-41(47)45-33-21-17-31(18-22-33)44(39-15-5-3-13-37(39)43(49)38-14-4-6-16-40(38)44)32-19-23-34(24-20-32)46-42(48)28-51-36-12-8-10-30(2)26-36/h3-26H,27-28H2,1-2H3,(H,45,47)(H,46,48). The number of amides is 2. The van der Waals surface area contributed by atoms with Gasteiger partial charge in [0.1, 0.15) is 11.5 Å². The maximum absolute atomic E-state index is 13.9. The van der Waals surface area contributed by atoms with E-state index in [1.54, 1.807) is 0 Å². The predicted molar refractivity (Wildman–Crippen MR) is 199 cm³/mol. The van der Waals surface area contributed by atoms with Crippen LogP contribution in [0.5, 0.6) is 11.5 Å². The minimum Gasteiger partial charge on any atom is -0.484 e. The quantitative estimate of drug-likeness (QED) is 0.153. The number of carbonyl (C=O) groups is 3. The van der Waals surface area contributed by atoms with Crippen molar-refractivity contribution in [2.45, 2.75) is 19.3 Å². The van der Waals surface area contributed by atoms with Gasteiger partial charge in [0.05, 0.1) is 5.41 Å². The molecule has 2 N–H and O–H groups in total. The first-order chi connectivity index (χ1) is 24.8. The van der Waals surface area contributed by atoms with Gasteiger partial charge in [-0.15, -0.1) is 0 Å². The number of nitrogens with one attached hydrogen (secondary N) is 2. The number of hydrogen-bond acceptors (Lipinski definition) is 5. The smallest absolute Gasteiger partial charge is 0.262 e. The largest absolute Gasteiger partial charge is 0.484 e. The summed E-state index contributed by atoms with van der Waals surface area (Å²) in [6, 6.07) is 45.9. The second kappa shape index (κ2) is 14.2. The van der Waals surface area contributed by atoms with Crippen LogP contribution in [0.2, 0.25) is 0 Å². The fourth-order valence-electron chi connectivity index (χ4n) is 6.80. The first-order valence-corrected chi connectivity index (χ1v) is 16.7. The third kappa shape index (κ3) is 6.74. The molecule has 0 saturated carbocycles. The number of rotatable bonds is 10. The summed E-state index contributed by atoms with van der Waals surface area (Å²) in [4.78, 5) is 39.5. The van der Waals surface area contributed by atoms with E-state index >= 15 is 0 Å². The molecule has 7 heteroatoms. The van der Waals surface area contributed by atoms with Gasteiger partial charge in [0.2, 0.25) is 0 Å². The van der Waals surface area contributed by atoms with Crippen molar-refractivity contribution in [3.63, 3.8) is 0 Å². The monoisotopic (exact) mass is 672 g/mol. The molecule has 7 rings (SSSR count).